The summed E-state index contributed by atoms with van der Waals surface area (Å²) in [5.74, 6) is -2.05. The lowest BCUT2D eigenvalue weighted by molar-refractivity contribution is -0.0436. The highest BCUT2D eigenvalue weighted by Crippen LogP contribution is 2.35. The number of rotatable bonds is 4. The van der Waals surface area contributed by atoms with E-state index < -0.39 is 37.6 Å². The van der Waals surface area contributed by atoms with Crippen LogP contribution in [0.1, 0.15) is 10.4 Å². The Balaban J connectivity index is 2.54. The van der Waals surface area contributed by atoms with E-state index in [2.05, 4.69) is 4.74 Å². The van der Waals surface area contributed by atoms with Crippen LogP contribution in [0.25, 0.3) is 0 Å². The standard InChI is InChI=1S/C15H10F4O5S/c1-23-14(20)12-7-6-11(24-10-4-2-9(16)3-5-10)8-13(12)25(21,22)15(17,18)19/h2-8H,1H3. The first-order chi connectivity index (χ1) is 11.6. The molecule has 0 aromatic heterocycles. The molecular formula is C15H10F4O5S. The first kappa shape index (κ1) is 18.7. The minimum atomic E-state index is -5.82. The molecule has 25 heavy (non-hydrogen) atoms. The molecule has 0 saturated heterocycles. The topological polar surface area (TPSA) is 69.7 Å². The van der Waals surface area contributed by atoms with E-state index in [1.54, 1.807) is 0 Å². The zero-order valence-corrected chi connectivity index (χ0v) is 13.3. The van der Waals surface area contributed by atoms with Gasteiger partial charge in [0.1, 0.15) is 17.3 Å². The predicted octanol–water partition coefficient (Wildman–Crippen LogP) is 3.70. The molecule has 0 unspecified atom stereocenters. The average molecular weight is 378 g/mol. The maximum absolute atomic E-state index is 12.8. The lowest BCUT2D eigenvalue weighted by Gasteiger charge is -2.13. The average Bonchev–Trinajstić information content (AvgIpc) is 2.55. The van der Waals surface area contributed by atoms with Gasteiger partial charge in [-0.05, 0) is 36.4 Å². The van der Waals surface area contributed by atoms with Crippen molar-refractivity contribution in [1.29, 1.82) is 0 Å². The molecule has 10 heteroatoms. The monoisotopic (exact) mass is 378 g/mol. The highest BCUT2D eigenvalue weighted by atomic mass is 32.2. The first-order valence-corrected chi connectivity index (χ1v) is 8.01. The first-order valence-electron chi connectivity index (χ1n) is 6.53. The van der Waals surface area contributed by atoms with Crippen molar-refractivity contribution in [1.82, 2.24) is 0 Å². The van der Waals surface area contributed by atoms with Gasteiger partial charge in [0, 0.05) is 6.07 Å². The van der Waals surface area contributed by atoms with Crippen LogP contribution in [0.4, 0.5) is 17.6 Å². The van der Waals surface area contributed by atoms with Crippen LogP contribution in [0.5, 0.6) is 11.5 Å². The number of carbonyl (C=O) groups excluding carboxylic acids is 1. The molecule has 0 atom stereocenters. The summed E-state index contributed by atoms with van der Waals surface area (Å²) in [4.78, 5) is 10.3. The number of ether oxygens (including phenoxy) is 2. The molecule has 134 valence electrons. The van der Waals surface area contributed by atoms with Crippen LogP contribution in [-0.4, -0.2) is 27.0 Å². The number of sulfone groups is 1. The van der Waals surface area contributed by atoms with E-state index in [-0.39, 0.29) is 11.5 Å². The zero-order chi connectivity index (χ0) is 18.8. The van der Waals surface area contributed by atoms with Gasteiger partial charge in [0.2, 0.25) is 0 Å². The van der Waals surface area contributed by atoms with E-state index in [1.165, 1.54) is 12.1 Å². The zero-order valence-electron chi connectivity index (χ0n) is 12.5. The van der Waals surface area contributed by atoms with Gasteiger partial charge in [-0.2, -0.15) is 13.2 Å². The maximum atomic E-state index is 12.8. The largest absolute Gasteiger partial charge is 0.501 e. The molecule has 2 aromatic rings. The third kappa shape index (κ3) is 3.90. The second kappa shape index (κ2) is 6.71. The summed E-state index contributed by atoms with van der Waals surface area (Å²) in [6, 6.07) is 6.97. The Morgan fingerprint density at radius 1 is 1.00 bits per heavy atom. The molecule has 0 heterocycles. The van der Waals surface area contributed by atoms with Crippen molar-refractivity contribution in [3.8, 4) is 11.5 Å². The Morgan fingerprint density at radius 2 is 1.56 bits per heavy atom. The smallest absolute Gasteiger partial charge is 0.465 e. The van der Waals surface area contributed by atoms with Crippen LogP contribution >= 0.6 is 0 Å². The van der Waals surface area contributed by atoms with Crippen molar-refractivity contribution in [2.24, 2.45) is 0 Å². The molecule has 0 bridgehead atoms. The van der Waals surface area contributed by atoms with Gasteiger partial charge in [0.15, 0.2) is 0 Å². The summed E-state index contributed by atoms with van der Waals surface area (Å²) in [5.41, 5.74) is -6.41. The van der Waals surface area contributed by atoms with Crippen LogP contribution in [0, 0.1) is 5.82 Å². The highest BCUT2D eigenvalue weighted by molar-refractivity contribution is 7.92. The van der Waals surface area contributed by atoms with E-state index in [0.717, 1.165) is 31.4 Å². The highest BCUT2D eigenvalue weighted by Gasteiger charge is 2.48. The number of esters is 1. The molecule has 0 radical (unpaired) electrons. The molecule has 2 aromatic carbocycles. The number of methoxy groups -OCH3 is 1. The van der Waals surface area contributed by atoms with Crippen LogP contribution < -0.4 is 4.74 Å². The van der Waals surface area contributed by atoms with Crippen molar-refractivity contribution in [3.63, 3.8) is 0 Å². The van der Waals surface area contributed by atoms with Crippen molar-refractivity contribution in [2.75, 3.05) is 7.11 Å². The molecule has 0 saturated carbocycles. The van der Waals surface area contributed by atoms with Gasteiger partial charge in [0.05, 0.1) is 17.6 Å². The lowest BCUT2D eigenvalue weighted by Crippen LogP contribution is -2.25. The number of carbonyl (C=O) groups is 1. The second-order valence-corrected chi connectivity index (χ2v) is 6.56. The number of hydrogen-bond acceptors (Lipinski definition) is 5. The Bertz CT molecular complexity index is 889. The fraction of sp³-hybridized carbons (Fsp3) is 0.133. The lowest BCUT2D eigenvalue weighted by atomic mass is 10.2. The summed E-state index contributed by atoms with van der Waals surface area (Å²) >= 11 is 0. The van der Waals surface area contributed by atoms with Gasteiger partial charge >= 0.3 is 11.5 Å². The summed E-state index contributed by atoms with van der Waals surface area (Å²) in [7, 11) is -4.93. The van der Waals surface area contributed by atoms with Crippen LogP contribution in [0.15, 0.2) is 47.4 Å². The number of halogens is 4. The van der Waals surface area contributed by atoms with E-state index in [4.69, 9.17) is 4.74 Å². The number of hydrogen-bond donors (Lipinski definition) is 0. The third-order valence-corrected chi connectivity index (χ3v) is 4.53. The normalized spacial score (nSPS) is 11.9. The van der Waals surface area contributed by atoms with Crippen molar-refractivity contribution in [2.45, 2.75) is 10.4 Å². The summed E-state index contributed by atoms with van der Waals surface area (Å²) < 4.78 is 84.3. The summed E-state index contributed by atoms with van der Waals surface area (Å²) in [6.45, 7) is 0. The number of benzene rings is 2. The minimum Gasteiger partial charge on any atom is -0.465 e. The Morgan fingerprint density at radius 3 is 2.08 bits per heavy atom. The molecule has 0 aliphatic rings. The predicted molar refractivity (Wildman–Crippen MR) is 77.5 cm³/mol. The molecule has 0 amide bonds. The summed E-state index contributed by atoms with van der Waals surface area (Å²) in [5, 5.41) is 0. The quantitative estimate of drug-likeness (QED) is 0.599. The van der Waals surface area contributed by atoms with Gasteiger partial charge in [-0.1, -0.05) is 0 Å². The molecule has 0 N–H and O–H groups in total. The third-order valence-electron chi connectivity index (χ3n) is 3.00. The fourth-order valence-corrected chi connectivity index (χ4v) is 2.79. The van der Waals surface area contributed by atoms with Gasteiger partial charge in [-0.3, -0.25) is 0 Å². The maximum Gasteiger partial charge on any atom is 0.501 e. The molecule has 5 nitrogen and oxygen atoms in total. The van der Waals surface area contributed by atoms with Gasteiger partial charge in [-0.15, -0.1) is 0 Å². The van der Waals surface area contributed by atoms with E-state index >= 15 is 0 Å². The van der Waals surface area contributed by atoms with E-state index in [0.29, 0.717) is 6.07 Å². The molecule has 2 rings (SSSR count). The Labute approximate surface area is 139 Å². The van der Waals surface area contributed by atoms with Crippen molar-refractivity contribution >= 4 is 15.8 Å². The summed E-state index contributed by atoms with van der Waals surface area (Å²) in [6.07, 6.45) is 0. The van der Waals surface area contributed by atoms with Gasteiger partial charge in [-0.25, -0.2) is 17.6 Å². The number of alkyl halides is 3. The Kier molecular flexibility index (Phi) is 5.02. The van der Waals surface area contributed by atoms with E-state index in [1.807, 2.05) is 0 Å². The van der Waals surface area contributed by atoms with Crippen molar-refractivity contribution in [3.05, 3.63) is 53.8 Å². The molecule has 0 aliphatic carbocycles. The molecule has 0 spiro atoms. The van der Waals surface area contributed by atoms with Crippen molar-refractivity contribution < 1.29 is 40.2 Å². The van der Waals surface area contributed by atoms with Crippen LogP contribution in [0.2, 0.25) is 0 Å². The molecule has 0 aliphatic heterocycles. The van der Waals surface area contributed by atoms with Gasteiger partial charge in [0.25, 0.3) is 9.84 Å². The minimum absolute atomic E-state index is 0.0579. The second-order valence-electron chi connectivity index (χ2n) is 4.65. The SMILES string of the molecule is COC(=O)c1ccc(Oc2ccc(F)cc2)cc1S(=O)(=O)C(F)(F)F. The Hall–Kier alpha value is -2.62. The molecule has 0 fully saturated rings. The van der Waals surface area contributed by atoms with Gasteiger partial charge < -0.3 is 9.47 Å². The van der Waals surface area contributed by atoms with Crippen LogP contribution in [0.3, 0.4) is 0 Å². The van der Waals surface area contributed by atoms with E-state index in [9.17, 15) is 30.8 Å². The fourth-order valence-electron chi connectivity index (χ4n) is 1.83. The molecular weight excluding hydrogens is 368 g/mol. The van der Waals surface area contributed by atoms with Crippen LogP contribution in [-0.2, 0) is 14.6 Å².